The van der Waals surface area contributed by atoms with Crippen molar-refractivity contribution in [3.05, 3.63) is 29.3 Å². The van der Waals surface area contributed by atoms with Crippen molar-refractivity contribution in [3.8, 4) is 11.8 Å². The van der Waals surface area contributed by atoms with Crippen molar-refractivity contribution < 1.29 is 14.3 Å². The third kappa shape index (κ3) is 5.98. The lowest BCUT2D eigenvalue weighted by molar-refractivity contribution is -0.131. The third-order valence-electron chi connectivity index (χ3n) is 4.83. The van der Waals surface area contributed by atoms with E-state index in [-0.39, 0.29) is 12.5 Å². The van der Waals surface area contributed by atoms with Crippen LogP contribution in [-0.4, -0.2) is 63.2 Å². The number of carbonyl (C=O) groups excluding carboxylic acids is 2. The van der Waals surface area contributed by atoms with Gasteiger partial charge in [-0.05, 0) is 37.6 Å². The van der Waals surface area contributed by atoms with E-state index in [0.717, 1.165) is 38.0 Å². The molecule has 0 radical (unpaired) electrons. The number of nitrogens with zero attached hydrogens (tertiary/aromatic N) is 2. The van der Waals surface area contributed by atoms with Gasteiger partial charge in [0.25, 0.3) is 0 Å². The zero-order valence-electron chi connectivity index (χ0n) is 16.6. The Balaban J connectivity index is 1.99. The molecule has 0 atom stereocenters. The molecular weight excluding hydrogens is 356 g/mol. The zero-order valence-corrected chi connectivity index (χ0v) is 16.6. The van der Waals surface area contributed by atoms with Crippen molar-refractivity contribution in [2.45, 2.75) is 25.7 Å². The molecule has 1 amide bonds. The van der Waals surface area contributed by atoms with Gasteiger partial charge < -0.3 is 26.0 Å². The van der Waals surface area contributed by atoms with Crippen LogP contribution in [0.25, 0.3) is 0 Å². The maximum absolute atomic E-state index is 12.3. The Morgan fingerprint density at radius 1 is 1.11 bits per heavy atom. The fourth-order valence-corrected chi connectivity index (χ4v) is 3.24. The fourth-order valence-electron chi connectivity index (χ4n) is 3.24. The number of amides is 1. The molecule has 0 aliphatic carbocycles. The van der Waals surface area contributed by atoms with E-state index < -0.39 is 5.97 Å². The minimum absolute atomic E-state index is 0.215. The third-order valence-corrected chi connectivity index (χ3v) is 4.83. The van der Waals surface area contributed by atoms with Gasteiger partial charge in [0.15, 0.2) is 0 Å². The molecule has 0 aromatic heterocycles. The van der Waals surface area contributed by atoms with E-state index in [1.54, 1.807) is 6.07 Å². The molecule has 1 aliphatic heterocycles. The molecule has 7 heteroatoms. The summed E-state index contributed by atoms with van der Waals surface area (Å²) >= 11 is 0. The average Bonchev–Trinajstić information content (AvgIpc) is 2.74. The second-order valence-corrected chi connectivity index (χ2v) is 6.69. The predicted octanol–water partition coefficient (Wildman–Crippen LogP) is 0.951. The number of rotatable bonds is 7. The summed E-state index contributed by atoms with van der Waals surface area (Å²) in [5.41, 5.74) is 13.0. The lowest BCUT2D eigenvalue weighted by Gasteiger charge is -2.36. The van der Waals surface area contributed by atoms with Gasteiger partial charge in [0, 0.05) is 43.9 Å². The minimum atomic E-state index is -0.419. The molecule has 1 fully saturated rings. The molecule has 1 aromatic carbocycles. The highest BCUT2D eigenvalue weighted by atomic mass is 16.5. The first-order valence-corrected chi connectivity index (χ1v) is 9.74. The number of esters is 1. The lowest BCUT2D eigenvalue weighted by atomic mass is 10.1. The smallest absolute Gasteiger partial charge is 0.339 e. The number of unbranched alkanes of at least 4 members (excludes halogenated alkanes) is 2. The molecule has 0 unspecified atom stereocenters. The number of hydrogen-bond acceptors (Lipinski definition) is 6. The van der Waals surface area contributed by atoms with Crippen LogP contribution in [0.3, 0.4) is 0 Å². The Bertz CT molecular complexity index is 731. The van der Waals surface area contributed by atoms with Crippen LogP contribution in [-0.2, 0) is 9.53 Å². The molecule has 2 rings (SSSR count). The molecular formula is C21H30N4O3. The maximum Gasteiger partial charge on any atom is 0.339 e. The van der Waals surface area contributed by atoms with Crippen molar-refractivity contribution in [2.75, 3.05) is 51.3 Å². The molecule has 0 bridgehead atoms. The summed E-state index contributed by atoms with van der Waals surface area (Å²) < 4.78 is 4.83. The Morgan fingerprint density at radius 2 is 1.86 bits per heavy atom. The van der Waals surface area contributed by atoms with Crippen LogP contribution in [0.1, 0.15) is 41.6 Å². The number of benzene rings is 1. The van der Waals surface area contributed by atoms with Crippen LogP contribution < -0.4 is 16.4 Å². The van der Waals surface area contributed by atoms with E-state index in [2.05, 4.69) is 16.7 Å². The van der Waals surface area contributed by atoms with Crippen molar-refractivity contribution in [1.29, 1.82) is 0 Å². The van der Waals surface area contributed by atoms with Gasteiger partial charge in [-0.3, -0.25) is 4.79 Å². The number of nitrogens with two attached hydrogens (primary N) is 2. The van der Waals surface area contributed by atoms with Crippen LogP contribution in [0.2, 0.25) is 0 Å². The fraction of sp³-hybridized carbons (Fsp3) is 0.524. The van der Waals surface area contributed by atoms with Crippen molar-refractivity contribution >= 4 is 17.6 Å². The first-order valence-electron chi connectivity index (χ1n) is 9.74. The molecule has 1 aliphatic rings. The van der Waals surface area contributed by atoms with Gasteiger partial charge in [-0.15, -0.1) is 0 Å². The Labute approximate surface area is 167 Å². The highest BCUT2D eigenvalue weighted by Crippen LogP contribution is 2.22. The van der Waals surface area contributed by atoms with Gasteiger partial charge in [-0.25, -0.2) is 4.79 Å². The topological polar surface area (TPSA) is 102 Å². The molecule has 0 spiro atoms. The second kappa shape index (κ2) is 11.3. The van der Waals surface area contributed by atoms with E-state index in [4.69, 9.17) is 16.2 Å². The van der Waals surface area contributed by atoms with Crippen LogP contribution >= 0.6 is 0 Å². The highest BCUT2D eigenvalue weighted by molar-refractivity contribution is 5.93. The van der Waals surface area contributed by atoms with Crippen molar-refractivity contribution in [2.24, 2.45) is 11.5 Å². The minimum Gasteiger partial charge on any atom is -0.465 e. The van der Waals surface area contributed by atoms with Gasteiger partial charge in [0.2, 0.25) is 5.91 Å². The normalized spacial score (nSPS) is 13.7. The molecule has 1 aromatic rings. The molecule has 1 heterocycles. The lowest BCUT2D eigenvalue weighted by Crippen LogP contribution is -2.48. The molecule has 7 nitrogen and oxygen atoms in total. The average molecular weight is 386 g/mol. The Morgan fingerprint density at radius 3 is 2.50 bits per heavy atom. The first kappa shape index (κ1) is 21.7. The van der Waals surface area contributed by atoms with Gasteiger partial charge in [-0.1, -0.05) is 18.3 Å². The van der Waals surface area contributed by atoms with Gasteiger partial charge in [-0.2, -0.15) is 0 Å². The van der Waals surface area contributed by atoms with Gasteiger partial charge in [0.1, 0.15) is 0 Å². The molecule has 152 valence electrons. The Kier molecular flexibility index (Phi) is 8.79. The summed E-state index contributed by atoms with van der Waals surface area (Å²) in [7, 11) is 1.35. The van der Waals surface area contributed by atoms with Gasteiger partial charge in [0.05, 0.1) is 19.2 Å². The Hall–Kier alpha value is -2.56. The number of methoxy groups -OCH3 is 1. The van der Waals surface area contributed by atoms with E-state index in [0.29, 0.717) is 37.2 Å². The van der Waals surface area contributed by atoms with Crippen LogP contribution in [0.15, 0.2) is 18.2 Å². The summed E-state index contributed by atoms with van der Waals surface area (Å²) in [6.07, 6.45) is 3.46. The quantitative estimate of drug-likeness (QED) is 0.411. The molecule has 1 saturated heterocycles. The number of hydrogen-bond donors (Lipinski definition) is 2. The standard InChI is InChI=1S/C21H30N4O3/c1-28-21(27)19-9-8-18(16-17(19)6-5-11-23)24-12-14-25(15-13-24)20(26)7-3-2-4-10-22/h8-9,16H,2-4,7,10-15,22-23H2,1H3. The van der Waals surface area contributed by atoms with Gasteiger partial charge >= 0.3 is 5.97 Å². The number of carbonyl (C=O) groups is 2. The highest BCUT2D eigenvalue weighted by Gasteiger charge is 2.22. The summed E-state index contributed by atoms with van der Waals surface area (Å²) in [5, 5.41) is 0. The summed E-state index contributed by atoms with van der Waals surface area (Å²) in [4.78, 5) is 28.4. The zero-order chi connectivity index (χ0) is 20.4. The van der Waals surface area contributed by atoms with E-state index in [1.165, 1.54) is 7.11 Å². The molecule has 28 heavy (non-hydrogen) atoms. The van der Waals surface area contributed by atoms with Crippen LogP contribution in [0, 0.1) is 11.8 Å². The van der Waals surface area contributed by atoms with Crippen LogP contribution in [0.5, 0.6) is 0 Å². The SMILES string of the molecule is COC(=O)c1ccc(N2CCN(C(=O)CCCCCN)CC2)cc1C#CCN. The molecule has 0 saturated carbocycles. The van der Waals surface area contributed by atoms with E-state index >= 15 is 0 Å². The maximum atomic E-state index is 12.3. The van der Waals surface area contributed by atoms with Crippen LogP contribution in [0.4, 0.5) is 5.69 Å². The largest absolute Gasteiger partial charge is 0.465 e. The second-order valence-electron chi connectivity index (χ2n) is 6.69. The number of anilines is 1. The van der Waals surface area contributed by atoms with Crippen molar-refractivity contribution in [3.63, 3.8) is 0 Å². The predicted molar refractivity (Wildman–Crippen MR) is 110 cm³/mol. The van der Waals surface area contributed by atoms with Crippen molar-refractivity contribution in [1.82, 2.24) is 4.90 Å². The summed E-state index contributed by atoms with van der Waals surface area (Å²) in [5.74, 6) is 5.54. The van der Waals surface area contributed by atoms with E-state index in [9.17, 15) is 9.59 Å². The summed E-state index contributed by atoms with van der Waals surface area (Å²) in [6, 6.07) is 5.51. The summed E-state index contributed by atoms with van der Waals surface area (Å²) in [6.45, 7) is 3.78. The molecule has 4 N–H and O–H groups in total. The van der Waals surface area contributed by atoms with E-state index in [1.807, 2.05) is 17.0 Å². The number of piperazine rings is 1. The number of ether oxygens (including phenoxy) is 1. The first-order chi connectivity index (χ1) is 13.6. The monoisotopic (exact) mass is 386 g/mol.